The van der Waals surface area contributed by atoms with E-state index in [1.807, 2.05) is 25.1 Å². The highest BCUT2D eigenvalue weighted by atomic mass is 16.5. The Labute approximate surface area is 144 Å². The Bertz CT molecular complexity index is 570. The van der Waals surface area contributed by atoms with E-state index in [4.69, 9.17) is 9.47 Å². The van der Waals surface area contributed by atoms with Gasteiger partial charge in [-0.25, -0.2) is 0 Å². The van der Waals surface area contributed by atoms with Crippen molar-refractivity contribution in [3.05, 3.63) is 23.8 Å². The molecule has 1 amide bonds. The molecule has 24 heavy (non-hydrogen) atoms. The van der Waals surface area contributed by atoms with Crippen LogP contribution in [0.15, 0.2) is 18.2 Å². The summed E-state index contributed by atoms with van der Waals surface area (Å²) in [5.41, 5.74) is 1.88. The maximum atomic E-state index is 12.6. The van der Waals surface area contributed by atoms with Crippen LogP contribution in [0.4, 0.5) is 5.69 Å². The fraction of sp³-hybridized carbons (Fsp3) is 0.632. The fourth-order valence-corrected chi connectivity index (χ4v) is 3.42. The Morgan fingerprint density at radius 1 is 1.42 bits per heavy atom. The van der Waals surface area contributed by atoms with Crippen LogP contribution in [-0.4, -0.2) is 37.8 Å². The molecule has 2 aliphatic rings. The molecule has 0 spiro atoms. The number of anilines is 1. The Kier molecular flexibility index (Phi) is 5.74. The summed E-state index contributed by atoms with van der Waals surface area (Å²) < 4.78 is 11.6. The summed E-state index contributed by atoms with van der Waals surface area (Å²) in [5.74, 6) is 0.892. The summed E-state index contributed by atoms with van der Waals surface area (Å²) in [6, 6.07) is 6.31. The standard InChI is InChI=1S/C19H28N2O3/c1-13-5-6-17(18(10-13)24-12-16-4-3-9-23-16)21-19(22)15-7-8-20-14(2)11-15/h5-6,10,14-16,20H,3-4,7-9,11-12H2,1-2H3,(H,21,22)/t14-,15-,16?/m0/s1. The molecule has 0 aromatic heterocycles. The summed E-state index contributed by atoms with van der Waals surface area (Å²) in [7, 11) is 0. The topological polar surface area (TPSA) is 59.6 Å². The lowest BCUT2D eigenvalue weighted by Crippen LogP contribution is -2.40. The SMILES string of the molecule is Cc1ccc(NC(=O)[C@H]2CCN[C@@H](C)C2)c(OCC2CCCO2)c1. The van der Waals surface area contributed by atoms with Crippen molar-refractivity contribution in [3.63, 3.8) is 0 Å². The number of hydrogen-bond donors (Lipinski definition) is 2. The first-order chi connectivity index (χ1) is 11.6. The summed E-state index contributed by atoms with van der Waals surface area (Å²) in [6.45, 7) is 6.41. The molecule has 0 bridgehead atoms. The van der Waals surface area contributed by atoms with Crippen molar-refractivity contribution in [2.45, 2.75) is 51.7 Å². The van der Waals surface area contributed by atoms with Gasteiger partial charge in [0.2, 0.25) is 5.91 Å². The molecule has 2 N–H and O–H groups in total. The van der Waals surface area contributed by atoms with Crippen LogP contribution in [0.5, 0.6) is 5.75 Å². The average molecular weight is 332 g/mol. The van der Waals surface area contributed by atoms with Crippen molar-refractivity contribution in [1.29, 1.82) is 0 Å². The van der Waals surface area contributed by atoms with Gasteiger partial charge in [-0.1, -0.05) is 6.07 Å². The molecule has 132 valence electrons. The van der Waals surface area contributed by atoms with E-state index in [-0.39, 0.29) is 17.9 Å². The lowest BCUT2D eigenvalue weighted by Gasteiger charge is -2.27. The van der Waals surface area contributed by atoms with Crippen LogP contribution in [-0.2, 0) is 9.53 Å². The molecule has 1 unspecified atom stereocenters. The molecule has 3 rings (SSSR count). The van der Waals surface area contributed by atoms with Gasteiger partial charge in [0, 0.05) is 18.6 Å². The predicted octanol–water partition coefficient (Wildman–Crippen LogP) is 2.88. The Morgan fingerprint density at radius 3 is 3.04 bits per heavy atom. The summed E-state index contributed by atoms with van der Waals surface area (Å²) >= 11 is 0. The quantitative estimate of drug-likeness (QED) is 0.870. The van der Waals surface area contributed by atoms with Gasteiger partial charge in [0.05, 0.1) is 11.8 Å². The third-order valence-electron chi connectivity index (χ3n) is 4.84. The van der Waals surface area contributed by atoms with Gasteiger partial charge in [0.15, 0.2) is 0 Å². The van der Waals surface area contributed by atoms with Crippen molar-refractivity contribution >= 4 is 11.6 Å². The molecule has 2 heterocycles. The van der Waals surface area contributed by atoms with Crippen molar-refractivity contribution in [2.75, 3.05) is 25.1 Å². The number of piperidine rings is 1. The van der Waals surface area contributed by atoms with Crippen LogP contribution in [0.25, 0.3) is 0 Å². The molecular formula is C19H28N2O3. The van der Waals surface area contributed by atoms with Crippen LogP contribution in [0.3, 0.4) is 0 Å². The number of aryl methyl sites for hydroxylation is 1. The lowest BCUT2D eigenvalue weighted by molar-refractivity contribution is -0.120. The smallest absolute Gasteiger partial charge is 0.227 e. The van der Waals surface area contributed by atoms with Gasteiger partial charge >= 0.3 is 0 Å². The van der Waals surface area contributed by atoms with E-state index in [0.29, 0.717) is 12.6 Å². The van der Waals surface area contributed by atoms with Gasteiger partial charge in [0.25, 0.3) is 0 Å². The normalized spacial score (nSPS) is 27.0. The van der Waals surface area contributed by atoms with E-state index >= 15 is 0 Å². The molecule has 0 saturated carbocycles. The predicted molar refractivity (Wildman–Crippen MR) is 94.5 cm³/mol. The minimum atomic E-state index is 0.0635. The highest BCUT2D eigenvalue weighted by Gasteiger charge is 2.25. The van der Waals surface area contributed by atoms with Crippen LogP contribution in [0.1, 0.15) is 38.2 Å². The van der Waals surface area contributed by atoms with Gasteiger partial charge in [0.1, 0.15) is 12.4 Å². The third-order valence-corrected chi connectivity index (χ3v) is 4.84. The Balaban J connectivity index is 1.64. The first kappa shape index (κ1) is 17.2. The number of rotatable bonds is 5. The zero-order valence-electron chi connectivity index (χ0n) is 14.6. The maximum Gasteiger partial charge on any atom is 0.227 e. The minimum absolute atomic E-state index is 0.0635. The lowest BCUT2D eigenvalue weighted by atomic mass is 9.92. The Hall–Kier alpha value is -1.59. The van der Waals surface area contributed by atoms with E-state index in [0.717, 1.165) is 55.8 Å². The highest BCUT2D eigenvalue weighted by Crippen LogP contribution is 2.28. The number of hydrogen-bond acceptors (Lipinski definition) is 4. The Morgan fingerprint density at radius 2 is 2.29 bits per heavy atom. The van der Waals surface area contributed by atoms with Crippen molar-refractivity contribution in [1.82, 2.24) is 5.32 Å². The molecule has 2 aliphatic heterocycles. The van der Waals surface area contributed by atoms with Crippen LogP contribution in [0, 0.1) is 12.8 Å². The third kappa shape index (κ3) is 4.48. The summed E-state index contributed by atoms with van der Waals surface area (Å²) in [6.07, 6.45) is 4.07. The van der Waals surface area contributed by atoms with Crippen LogP contribution >= 0.6 is 0 Å². The van der Waals surface area contributed by atoms with Gasteiger partial charge in [-0.2, -0.15) is 0 Å². The largest absolute Gasteiger partial charge is 0.489 e. The van der Waals surface area contributed by atoms with E-state index in [1.54, 1.807) is 0 Å². The first-order valence-electron chi connectivity index (χ1n) is 9.01. The van der Waals surface area contributed by atoms with Gasteiger partial charge in [-0.05, 0) is 63.8 Å². The van der Waals surface area contributed by atoms with Crippen LogP contribution in [0.2, 0.25) is 0 Å². The van der Waals surface area contributed by atoms with E-state index in [1.165, 1.54) is 0 Å². The second-order valence-corrected chi connectivity index (χ2v) is 7.01. The molecule has 0 radical (unpaired) electrons. The number of nitrogens with one attached hydrogen (secondary N) is 2. The van der Waals surface area contributed by atoms with Crippen molar-refractivity contribution in [3.8, 4) is 5.75 Å². The van der Waals surface area contributed by atoms with Gasteiger partial charge in [-0.3, -0.25) is 4.79 Å². The second kappa shape index (κ2) is 7.99. The van der Waals surface area contributed by atoms with Crippen LogP contribution < -0.4 is 15.4 Å². The van der Waals surface area contributed by atoms with Crippen molar-refractivity contribution < 1.29 is 14.3 Å². The second-order valence-electron chi connectivity index (χ2n) is 7.01. The first-order valence-corrected chi connectivity index (χ1v) is 9.01. The molecule has 2 fully saturated rings. The van der Waals surface area contributed by atoms with E-state index in [9.17, 15) is 4.79 Å². The molecule has 3 atom stereocenters. The van der Waals surface area contributed by atoms with Gasteiger partial charge in [-0.15, -0.1) is 0 Å². The van der Waals surface area contributed by atoms with E-state index < -0.39 is 0 Å². The molecule has 1 aromatic rings. The molecular weight excluding hydrogens is 304 g/mol. The summed E-state index contributed by atoms with van der Waals surface area (Å²) in [5, 5.41) is 6.45. The highest BCUT2D eigenvalue weighted by molar-refractivity contribution is 5.94. The number of carbonyl (C=O) groups is 1. The monoisotopic (exact) mass is 332 g/mol. The number of ether oxygens (including phenoxy) is 2. The summed E-state index contributed by atoms with van der Waals surface area (Å²) in [4.78, 5) is 12.6. The number of benzene rings is 1. The molecule has 5 nitrogen and oxygen atoms in total. The zero-order chi connectivity index (χ0) is 16.9. The van der Waals surface area contributed by atoms with Crippen molar-refractivity contribution in [2.24, 2.45) is 5.92 Å². The molecule has 2 saturated heterocycles. The fourth-order valence-electron chi connectivity index (χ4n) is 3.42. The molecule has 5 heteroatoms. The van der Waals surface area contributed by atoms with Gasteiger partial charge < -0.3 is 20.1 Å². The molecule has 1 aromatic carbocycles. The average Bonchev–Trinajstić information content (AvgIpc) is 3.08. The maximum absolute atomic E-state index is 12.6. The number of amides is 1. The number of carbonyl (C=O) groups excluding carboxylic acids is 1. The minimum Gasteiger partial charge on any atom is -0.489 e. The molecule has 0 aliphatic carbocycles. The zero-order valence-corrected chi connectivity index (χ0v) is 14.6. The van der Waals surface area contributed by atoms with E-state index in [2.05, 4.69) is 17.6 Å².